The average Bonchev–Trinajstić information content (AvgIpc) is 3.34. The quantitative estimate of drug-likeness (QED) is 0.774. The molecule has 2 aliphatic rings. The molecule has 8 heteroatoms. The van der Waals surface area contributed by atoms with Crippen molar-refractivity contribution in [2.45, 2.75) is 25.3 Å². The molecule has 4 rings (SSSR count). The van der Waals surface area contributed by atoms with Crippen LogP contribution < -0.4 is 14.7 Å². The summed E-state index contributed by atoms with van der Waals surface area (Å²) in [6.45, 7) is 0.617. The first-order valence-electron chi connectivity index (χ1n) is 8.34. The van der Waals surface area contributed by atoms with Gasteiger partial charge in [0.25, 0.3) is 0 Å². The molecule has 138 valence electrons. The molecule has 0 unspecified atom stereocenters. The number of rotatable bonds is 4. The van der Waals surface area contributed by atoms with E-state index in [9.17, 15) is 12.8 Å². The van der Waals surface area contributed by atoms with E-state index in [1.54, 1.807) is 6.07 Å². The van der Waals surface area contributed by atoms with Crippen LogP contribution in [0.25, 0.3) is 0 Å². The summed E-state index contributed by atoms with van der Waals surface area (Å²) in [4.78, 5) is 0. The van der Waals surface area contributed by atoms with Gasteiger partial charge in [0.05, 0.1) is 34.3 Å². The summed E-state index contributed by atoms with van der Waals surface area (Å²) in [6, 6.07) is 9.01. The number of fused-ring (bicyclic) bond motifs is 1. The van der Waals surface area contributed by atoms with Crippen molar-refractivity contribution in [1.82, 2.24) is 0 Å². The van der Waals surface area contributed by atoms with Crippen LogP contribution in [0.5, 0.6) is 0 Å². The van der Waals surface area contributed by atoms with Crippen molar-refractivity contribution < 1.29 is 12.8 Å². The van der Waals surface area contributed by atoms with E-state index in [1.807, 2.05) is 29.2 Å². The molecule has 1 aliphatic heterocycles. The molecule has 0 spiro atoms. The van der Waals surface area contributed by atoms with E-state index in [-0.39, 0.29) is 5.82 Å². The molecule has 26 heavy (non-hydrogen) atoms. The molecule has 0 aromatic heterocycles. The van der Waals surface area contributed by atoms with Gasteiger partial charge in [0.15, 0.2) is 0 Å². The Kier molecular flexibility index (Phi) is 4.15. The van der Waals surface area contributed by atoms with Crippen molar-refractivity contribution in [2.75, 3.05) is 28.0 Å². The zero-order valence-electron chi connectivity index (χ0n) is 14.5. The standard InChI is InChI=1S/C18H19BrFN3O2S/c1-22-18-9-17(21-26(2,24)25)14(11-3-4-11)7-12(18)10-23(22)13-5-6-15(19)16(20)8-13/h5-9,11,21H,3-4,10H2,1-2H3. The average molecular weight is 440 g/mol. The Morgan fingerprint density at radius 1 is 1.23 bits per heavy atom. The topological polar surface area (TPSA) is 52.7 Å². The minimum absolute atomic E-state index is 0.315. The Labute approximate surface area is 161 Å². The Bertz CT molecular complexity index is 992. The number of hydrazine groups is 1. The molecule has 1 N–H and O–H groups in total. The fourth-order valence-electron chi connectivity index (χ4n) is 3.41. The first-order chi connectivity index (χ1) is 12.2. The highest BCUT2D eigenvalue weighted by atomic mass is 79.9. The maximum Gasteiger partial charge on any atom is 0.229 e. The molecule has 0 amide bonds. The fourth-order valence-corrected chi connectivity index (χ4v) is 4.23. The van der Waals surface area contributed by atoms with E-state index < -0.39 is 10.0 Å². The summed E-state index contributed by atoms with van der Waals surface area (Å²) in [7, 11) is -1.46. The second-order valence-electron chi connectivity index (χ2n) is 6.90. The van der Waals surface area contributed by atoms with Gasteiger partial charge in [-0.3, -0.25) is 14.7 Å². The van der Waals surface area contributed by atoms with Gasteiger partial charge >= 0.3 is 0 Å². The predicted octanol–water partition coefficient (Wildman–Crippen LogP) is 4.21. The second-order valence-corrected chi connectivity index (χ2v) is 9.50. The Balaban J connectivity index is 1.73. The molecule has 0 saturated heterocycles. The van der Waals surface area contributed by atoms with Crippen LogP contribution >= 0.6 is 15.9 Å². The summed E-state index contributed by atoms with van der Waals surface area (Å²) in [5, 5.41) is 3.91. The van der Waals surface area contributed by atoms with Crippen LogP contribution in [0.3, 0.4) is 0 Å². The van der Waals surface area contributed by atoms with Crippen molar-refractivity contribution in [3.63, 3.8) is 0 Å². The molecule has 0 bridgehead atoms. The summed E-state index contributed by atoms with van der Waals surface area (Å²) in [5.74, 6) is 0.0963. The van der Waals surface area contributed by atoms with Crippen LogP contribution in [-0.2, 0) is 16.6 Å². The van der Waals surface area contributed by atoms with E-state index >= 15 is 0 Å². The largest absolute Gasteiger partial charge is 0.288 e. The van der Waals surface area contributed by atoms with Crippen molar-refractivity contribution in [3.8, 4) is 0 Å². The Hall–Kier alpha value is -1.80. The monoisotopic (exact) mass is 439 g/mol. The van der Waals surface area contributed by atoms with E-state index in [4.69, 9.17) is 0 Å². The molecular weight excluding hydrogens is 421 g/mol. The summed E-state index contributed by atoms with van der Waals surface area (Å²) < 4.78 is 40.5. The lowest BCUT2D eigenvalue weighted by atomic mass is 10.0. The molecule has 0 radical (unpaired) electrons. The van der Waals surface area contributed by atoms with Gasteiger partial charge < -0.3 is 0 Å². The van der Waals surface area contributed by atoms with Gasteiger partial charge in [0.1, 0.15) is 5.82 Å². The van der Waals surface area contributed by atoms with E-state index in [1.165, 1.54) is 6.07 Å². The third-order valence-electron chi connectivity index (χ3n) is 4.80. The second kappa shape index (κ2) is 6.13. The van der Waals surface area contributed by atoms with Crippen molar-refractivity contribution in [3.05, 3.63) is 51.7 Å². The highest BCUT2D eigenvalue weighted by Gasteiger charge is 2.32. The SMILES string of the molecule is CN1c2cc(NS(C)(=O)=O)c(C3CC3)cc2CN1c1ccc(Br)c(F)c1. The number of halogens is 2. The molecule has 0 atom stereocenters. The van der Waals surface area contributed by atoms with Crippen molar-refractivity contribution >= 4 is 43.0 Å². The number of hydrogen-bond donors (Lipinski definition) is 1. The van der Waals surface area contributed by atoms with Crippen molar-refractivity contribution in [1.29, 1.82) is 0 Å². The molecule has 5 nitrogen and oxygen atoms in total. The van der Waals surface area contributed by atoms with Gasteiger partial charge in [0, 0.05) is 13.1 Å². The summed E-state index contributed by atoms with van der Waals surface area (Å²) in [5.41, 5.74) is 4.46. The Morgan fingerprint density at radius 3 is 2.58 bits per heavy atom. The molecular formula is C18H19BrFN3O2S. The zero-order chi connectivity index (χ0) is 18.6. The maximum absolute atomic E-state index is 13.9. The fraction of sp³-hybridized carbons (Fsp3) is 0.333. The lowest BCUT2D eigenvalue weighted by Gasteiger charge is -2.28. The van der Waals surface area contributed by atoms with Crippen LogP contribution in [-0.4, -0.2) is 21.7 Å². The Morgan fingerprint density at radius 2 is 1.96 bits per heavy atom. The minimum Gasteiger partial charge on any atom is -0.288 e. The van der Waals surface area contributed by atoms with Gasteiger partial charge in [-0.25, -0.2) is 12.8 Å². The van der Waals surface area contributed by atoms with E-state index in [0.29, 0.717) is 22.6 Å². The van der Waals surface area contributed by atoms with E-state index in [0.717, 1.165) is 41.6 Å². The number of nitrogens with one attached hydrogen (secondary N) is 1. The first-order valence-corrected chi connectivity index (χ1v) is 11.0. The maximum atomic E-state index is 13.9. The number of hydrogen-bond acceptors (Lipinski definition) is 4. The first kappa shape index (κ1) is 17.6. The third-order valence-corrected chi connectivity index (χ3v) is 6.03. The summed E-state index contributed by atoms with van der Waals surface area (Å²) in [6.07, 6.45) is 3.32. The highest BCUT2D eigenvalue weighted by molar-refractivity contribution is 9.10. The molecule has 1 aliphatic carbocycles. The number of benzene rings is 2. The molecule has 1 saturated carbocycles. The van der Waals surface area contributed by atoms with Gasteiger partial charge in [0.2, 0.25) is 10.0 Å². The predicted molar refractivity (Wildman–Crippen MR) is 106 cm³/mol. The lowest BCUT2D eigenvalue weighted by molar-refractivity contribution is 0.606. The number of nitrogens with zero attached hydrogens (tertiary/aromatic N) is 2. The van der Waals surface area contributed by atoms with Gasteiger partial charge in [-0.2, -0.15) is 0 Å². The molecule has 1 heterocycles. The highest BCUT2D eigenvalue weighted by Crippen LogP contribution is 2.47. The van der Waals surface area contributed by atoms with Crippen LogP contribution in [0.1, 0.15) is 29.9 Å². The lowest BCUT2D eigenvalue weighted by Crippen LogP contribution is -2.34. The van der Waals surface area contributed by atoms with Gasteiger partial charge in [-0.1, -0.05) is 0 Å². The van der Waals surface area contributed by atoms with Gasteiger partial charge in [-0.05, 0) is 70.1 Å². The van der Waals surface area contributed by atoms with Crippen molar-refractivity contribution in [2.24, 2.45) is 0 Å². The van der Waals surface area contributed by atoms with Gasteiger partial charge in [-0.15, -0.1) is 0 Å². The number of sulfonamides is 1. The van der Waals surface area contributed by atoms with Crippen LogP contribution in [0.4, 0.5) is 21.5 Å². The smallest absolute Gasteiger partial charge is 0.229 e. The third kappa shape index (κ3) is 3.27. The normalized spacial score (nSPS) is 16.8. The molecule has 2 aromatic rings. The van der Waals surface area contributed by atoms with Crippen LogP contribution in [0, 0.1) is 5.82 Å². The summed E-state index contributed by atoms with van der Waals surface area (Å²) >= 11 is 3.18. The zero-order valence-corrected chi connectivity index (χ0v) is 16.9. The van der Waals surface area contributed by atoms with E-state index in [2.05, 4.69) is 26.7 Å². The minimum atomic E-state index is -3.35. The molecule has 1 fully saturated rings. The number of anilines is 3. The van der Waals surface area contributed by atoms with Crippen LogP contribution in [0.15, 0.2) is 34.8 Å². The van der Waals surface area contributed by atoms with Crippen LogP contribution in [0.2, 0.25) is 0 Å². The molecule has 2 aromatic carbocycles.